The van der Waals surface area contributed by atoms with E-state index >= 15 is 0 Å². The van der Waals surface area contributed by atoms with E-state index in [9.17, 15) is 9.59 Å². The summed E-state index contributed by atoms with van der Waals surface area (Å²) in [6, 6.07) is 10.0. The Morgan fingerprint density at radius 2 is 1.92 bits per heavy atom. The van der Waals surface area contributed by atoms with Gasteiger partial charge in [0.15, 0.2) is 0 Å². The van der Waals surface area contributed by atoms with Gasteiger partial charge in [-0.2, -0.15) is 0 Å². The summed E-state index contributed by atoms with van der Waals surface area (Å²) in [5, 5.41) is 0. The largest absolute Gasteiger partial charge is 0.392 e. The van der Waals surface area contributed by atoms with Gasteiger partial charge in [-0.25, -0.2) is 0 Å². The van der Waals surface area contributed by atoms with Crippen molar-refractivity contribution >= 4 is 18.0 Å². The summed E-state index contributed by atoms with van der Waals surface area (Å²) in [5.74, 6) is -1.20. The SMILES string of the molecule is CCC1=C2CCCC[C@H]2[C@H]2C(=O)OC(=O)[C@H]2/C1=C/c1ccccc1. The highest BCUT2D eigenvalue weighted by Crippen LogP contribution is 2.52. The Labute approximate surface area is 142 Å². The van der Waals surface area contributed by atoms with Gasteiger partial charge in [0, 0.05) is 0 Å². The van der Waals surface area contributed by atoms with E-state index in [0.717, 1.165) is 36.8 Å². The van der Waals surface area contributed by atoms with Gasteiger partial charge >= 0.3 is 11.9 Å². The minimum absolute atomic E-state index is 0.200. The van der Waals surface area contributed by atoms with Crippen molar-refractivity contribution in [1.29, 1.82) is 0 Å². The number of carbonyl (C=O) groups is 2. The van der Waals surface area contributed by atoms with E-state index in [1.165, 1.54) is 17.6 Å². The summed E-state index contributed by atoms with van der Waals surface area (Å²) >= 11 is 0. The van der Waals surface area contributed by atoms with Gasteiger partial charge in [0.2, 0.25) is 0 Å². The average molecular weight is 322 g/mol. The Morgan fingerprint density at radius 3 is 2.67 bits per heavy atom. The van der Waals surface area contributed by atoms with E-state index in [0.29, 0.717) is 0 Å². The molecular weight excluding hydrogens is 300 g/mol. The summed E-state index contributed by atoms with van der Waals surface area (Å²) in [7, 11) is 0. The lowest BCUT2D eigenvalue weighted by molar-refractivity contribution is -0.153. The summed E-state index contributed by atoms with van der Waals surface area (Å²) in [5.41, 5.74) is 4.77. The predicted molar refractivity (Wildman–Crippen MR) is 91.8 cm³/mol. The van der Waals surface area contributed by atoms with Gasteiger partial charge in [-0.05, 0) is 48.3 Å². The zero-order valence-electron chi connectivity index (χ0n) is 14.0. The van der Waals surface area contributed by atoms with Crippen molar-refractivity contribution in [3.05, 3.63) is 52.6 Å². The molecule has 1 saturated heterocycles. The second-order valence-electron chi connectivity index (χ2n) is 6.96. The average Bonchev–Trinajstić information content (AvgIpc) is 2.91. The molecule has 3 nitrogen and oxygen atoms in total. The number of esters is 2. The van der Waals surface area contributed by atoms with Gasteiger partial charge in [0.1, 0.15) is 0 Å². The van der Waals surface area contributed by atoms with E-state index in [1.807, 2.05) is 30.3 Å². The van der Waals surface area contributed by atoms with Crippen LogP contribution in [0.15, 0.2) is 47.1 Å². The Hall–Kier alpha value is -2.16. The van der Waals surface area contributed by atoms with E-state index < -0.39 is 5.92 Å². The molecule has 1 saturated carbocycles. The zero-order chi connectivity index (χ0) is 16.7. The lowest BCUT2D eigenvalue weighted by Gasteiger charge is -2.39. The number of allylic oxidation sites excluding steroid dienone is 2. The number of carbonyl (C=O) groups excluding carboxylic acids is 2. The molecule has 0 N–H and O–H groups in total. The summed E-state index contributed by atoms with van der Waals surface area (Å²) in [4.78, 5) is 24.8. The van der Waals surface area contributed by atoms with Gasteiger partial charge in [-0.3, -0.25) is 9.59 Å². The van der Waals surface area contributed by atoms with Crippen LogP contribution >= 0.6 is 0 Å². The monoisotopic (exact) mass is 322 g/mol. The first kappa shape index (κ1) is 15.4. The molecule has 3 aliphatic rings. The van der Waals surface area contributed by atoms with Crippen LogP contribution in [0.25, 0.3) is 6.08 Å². The molecule has 124 valence electrons. The number of rotatable bonds is 2. The molecule has 0 aromatic heterocycles. The topological polar surface area (TPSA) is 43.4 Å². The predicted octanol–water partition coefficient (Wildman–Crippen LogP) is 4.30. The fourth-order valence-corrected chi connectivity index (χ4v) is 4.75. The first-order valence-electron chi connectivity index (χ1n) is 8.95. The fraction of sp³-hybridized carbons (Fsp3) is 0.429. The Bertz CT molecular complexity index is 742. The van der Waals surface area contributed by atoms with Crippen molar-refractivity contribution < 1.29 is 14.3 Å². The van der Waals surface area contributed by atoms with Gasteiger partial charge in [0.05, 0.1) is 11.8 Å². The molecule has 0 spiro atoms. The second kappa shape index (κ2) is 6.04. The normalized spacial score (nSPS) is 31.0. The number of fused-ring (bicyclic) bond motifs is 3. The highest BCUT2D eigenvalue weighted by molar-refractivity contribution is 6.00. The third kappa shape index (κ3) is 2.34. The van der Waals surface area contributed by atoms with Crippen LogP contribution in [-0.4, -0.2) is 11.9 Å². The molecule has 1 heterocycles. The maximum absolute atomic E-state index is 12.4. The molecule has 2 aliphatic carbocycles. The number of hydrogen-bond donors (Lipinski definition) is 0. The van der Waals surface area contributed by atoms with Crippen LogP contribution in [-0.2, 0) is 14.3 Å². The number of benzene rings is 1. The minimum Gasteiger partial charge on any atom is -0.392 e. The van der Waals surface area contributed by atoms with Gasteiger partial charge in [-0.1, -0.05) is 55.3 Å². The quantitative estimate of drug-likeness (QED) is 0.602. The highest BCUT2D eigenvalue weighted by Gasteiger charge is 2.54. The Morgan fingerprint density at radius 1 is 1.12 bits per heavy atom. The van der Waals surface area contributed by atoms with Crippen LogP contribution in [0.3, 0.4) is 0 Å². The van der Waals surface area contributed by atoms with Crippen molar-refractivity contribution in [2.75, 3.05) is 0 Å². The van der Waals surface area contributed by atoms with Crippen molar-refractivity contribution in [2.24, 2.45) is 17.8 Å². The van der Waals surface area contributed by atoms with Crippen LogP contribution in [0, 0.1) is 17.8 Å². The molecule has 0 radical (unpaired) electrons. The molecule has 3 atom stereocenters. The molecule has 1 aromatic rings. The molecule has 2 fully saturated rings. The standard InChI is InChI=1S/C21H22O3/c1-2-14-15-10-6-7-11-16(15)18-19(21(23)24-20(18)22)17(14)12-13-8-4-3-5-9-13/h3-5,8-9,12,16,18-19H,2,6-7,10-11H2,1H3/b17-12+/t16-,18-,19+/m1/s1. The van der Waals surface area contributed by atoms with Crippen molar-refractivity contribution in [3.8, 4) is 0 Å². The first-order chi connectivity index (χ1) is 11.7. The molecule has 4 rings (SSSR count). The van der Waals surface area contributed by atoms with Crippen LogP contribution in [0.2, 0.25) is 0 Å². The smallest absolute Gasteiger partial charge is 0.321 e. The lowest BCUT2D eigenvalue weighted by Crippen LogP contribution is -2.36. The van der Waals surface area contributed by atoms with E-state index in [1.54, 1.807) is 0 Å². The van der Waals surface area contributed by atoms with E-state index in [-0.39, 0.29) is 23.8 Å². The number of hydrogen-bond acceptors (Lipinski definition) is 3. The Balaban J connectivity index is 1.90. The van der Waals surface area contributed by atoms with Crippen LogP contribution in [0.1, 0.15) is 44.6 Å². The van der Waals surface area contributed by atoms with Gasteiger partial charge in [0.25, 0.3) is 0 Å². The van der Waals surface area contributed by atoms with Crippen LogP contribution in [0.4, 0.5) is 0 Å². The molecule has 0 bridgehead atoms. The molecule has 1 aromatic carbocycles. The number of ether oxygens (including phenoxy) is 1. The summed E-state index contributed by atoms with van der Waals surface area (Å²) in [6.07, 6.45) is 7.34. The second-order valence-corrected chi connectivity index (χ2v) is 6.96. The molecule has 3 heteroatoms. The van der Waals surface area contributed by atoms with Gasteiger partial charge in [-0.15, -0.1) is 0 Å². The highest BCUT2D eigenvalue weighted by atomic mass is 16.6. The number of cyclic esters (lactones) is 2. The minimum atomic E-state index is -0.417. The fourth-order valence-electron chi connectivity index (χ4n) is 4.75. The van der Waals surface area contributed by atoms with E-state index in [4.69, 9.17) is 4.74 Å². The Kier molecular flexibility index (Phi) is 3.87. The molecule has 0 unspecified atom stereocenters. The maximum atomic E-state index is 12.4. The van der Waals surface area contributed by atoms with Crippen molar-refractivity contribution in [2.45, 2.75) is 39.0 Å². The van der Waals surface area contributed by atoms with Gasteiger partial charge < -0.3 is 4.74 Å². The third-order valence-corrected chi connectivity index (χ3v) is 5.73. The summed E-state index contributed by atoms with van der Waals surface area (Å²) < 4.78 is 5.07. The molecule has 1 aliphatic heterocycles. The van der Waals surface area contributed by atoms with Crippen LogP contribution in [0.5, 0.6) is 0 Å². The zero-order valence-corrected chi connectivity index (χ0v) is 14.0. The lowest BCUT2D eigenvalue weighted by atomic mass is 9.62. The van der Waals surface area contributed by atoms with E-state index in [2.05, 4.69) is 13.0 Å². The maximum Gasteiger partial charge on any atom is 0.321 e. The van der Waals surface area contributed by atoms with Crippen LogP contribution < -0.4 is 0 Å². The molecule has 0 amide bonds. The van der Waals surface area contributed by atoms with Crippen molar-refractivity contribution in [3.63, 3.8) is 0 Å². The third-order valence-electron chi connectivity index (χ3n) is 5.73. The van der Waals surface area contributed by atoms with Crippen molar-refractivity contribution in [1.82, 2.24) is 0 Å². The molecular formula is C21H22O3. The first-order valence-corrected chi connectivity index (χ1v) is 8.95. The molecule has 24 heavy (non-hydrogen) atoms. The summed E-state index contributed by atoms with van der Waals surface area (Å²) in [6.45, 7) is 2.15.